The van der Waals surface area contributed by atoms with Crippen LogP contribution in [0.5, 0.6) is 0 Å². The summed E-state index contributed by atoms with van der Waals surface area (Å²) >= 11 is 0. The van der Waals surface area contributed by atoms with Crippen molar-refractivity contribution in [2.75, 3.05) is 18.0 Å². The summed E-state index contributed by atoms with van der Waals surface area (Å²) in [6.07, 6.45) is 7.89. The Hall–Kier alpha value is -1.98. The van der Waals surface area contributed by atoms with Gasteiger partial charge in [-0.2, -0.15) is 0 Å². The van der Waals surface area contributed by atoms with Gasteiger partial charge in [0.15, 0.2) is 0 Å². The maximum atomic E-state index is 5.95. The normalized spacial score (nSPS) is 27.4. The largest absolute Gasteiger partial charge is 0.425 e. The number of fused-ring (bicyclic) bond motifs is 1. The van der Waals surface area contributed by atoms with Crippen LogP contribution in [-0.2, 0) is 11.8 Å². The first kappa shape index (κ1) is 13.7. The zero-order valence-corrected chi connectivity index (χ0v) is 13.1. The molecule has 1 saturated heterocycles. The number of aryl methyl sites for hydroxylation is 2. The van der Waals surface area contributed by atoms with Crippen LogP contribution in [0.4, 0.5) is 5.82 Å². The summed E-state index contributed by atoms with van der Waals surface area (Å²) in [5.74, 6) is 3.13. The molecule has 0 amide bonds. The summed E-state index contributed by atoms with van der Waals surface area (Å²) in [7, 11) is 0. The van der Waals surface area contributed by atoms with Crippen molar-refractivity contribution in [2.45, 2.75) is 44.9 Å². The highest BCUT2D eigenvalue weighted by atomic mass is 16.4. The van der Waals surface area contributed by atoms with Crippen molar-refractivity contribution in [3.8, 4) is 0 Å². The van der Waals surface area contributed by atoms with Gasteiger partial charge in [0.25, 0.3) is 0 Å². The molecule has 0 aromatic carbocycles. The summed E-state index contributed by atoms with van der Waals surface area (Å²) in [4.78, 5) is 11.3. The average molecular weight is 299 g/mol. The summed E-state index contributed by atoms with van der Waals surface area (Å²) in [5, 5.41) is 8.56. The predicted molar refractivity (Wildman–Crippen MR) is 81.7 cm³/mol. The summed E-state index contributed by atoms with van der Waals surface area (Å²) in [6, 6.07) is 0. The van der Waals surface area contributed by atoms with E-state index in [-0.39, 0.29) is 5.41 Å². The molecule has 2 atom stereocenters. The van der Waals surface area contributed by atoms with Crippen LogP contribution >= 0.6 is 0 Å². The Morgan fingerprint density at radius 3 is 2.95 bits per heavy atom. The highest BCUT2D eigenvalue weighted by molar-refractivity contribution is 5.46. The minimum atomic E-state index is 0.00435. The molecule has 2 aliphatic rings. The third kappa shape index (κ3) is 1.93. The summed E-state index contributed by atoms with van der Waals surface area (Å²) in [6.45, 7) is 5.97. The molecule has 0 spiro atoms. The molecule has 0 unspecified atom stereocenters. The SMILES string of the molecule is CCc1nnc([C@]23CCC[C@H]2CN(c2nccnc2C)C3)o1. The second-order valence-corrected chi connectivity index (χ2v) is 6.45. The van der Waals surface area contributed by atoms with E-state index in [1.807, 2.05) is 13.8 Å². The molecule has 2 aromatic rings. The van der Waals surface area contributed by atoms with Crippen molar-refractivity contribution in [1.29, 1.82) is 0 Å². The van der Waals surface area contributed by atoms with Crippen LogP contribution in [0.25, 0.3) is 0 Å². The maximum absolute atomic E-state index is 5.95. The highest BCUT2D eigenvalue weighted by Gasteiger charge is 2.54. The van der Waals surface area contributed by atoms with Crippen LogP contribution in [-0.4, -0.2) is 33.3 Å². The fourth-order valence-corrected chi connectivity index (χ4v) is 4.11. The molecule has 1 saturated carbocycles. The standard InChI is InChI=1S/C16H21N5O/c1-3-13-19-20-15(22-13)16-6-4-5-12(16)9-21(10-16)14-11(2)17-7-8-18-14/h7-8,12H,3-6,9-10H2,1-2H3/t12-,16-/m0/s1. The molecule has 116 valence electrons. The quantitative estimate of drug-likeness (QED) is 0.866. The zero-order chi connectivity index (χ0) is 15.2. The third-order valence-electron chi connectivity index (χ3n) is 5.22. The van der Waals surface area contributed by atoms with E-state index in [2.05, 4.69) is 25.1 Å². The van der Waals surface area contributed by atoms with E-state index in [1.54, 1.807) is 12.4 Å². The minimum Gasteiger partial charge on any atom is -0.425 e. The molecule has 6 heteroatoms. The van der Waals surface area contributed by atoms with E-state index in [0.717, 1.165) is 49.2 Å². The second kappa shape index (κ2) is 5.04. The van der Waals surface area contributed by atoms with Crippen LogP contribution in [0.3, 0.4) is 0 Å². The first-order valence-corrected chi connectivity index (χ1v) is 8.08. The molecule has 1 aliphatic heterocycles. The van der Waals surface area contributed by atoms with Crippen molar-refractivity contribution >= 4 is 5.82 Å². The van der Waals surface area contributed by atoms with Crippen molar-refractivity contribution in [3.05, 3.63) is 29.9 Å². The molecular weight excluding hydrogens is 278 g/mol. The van der Waals surface area contributed by atoms with Gasteiger partial charge in [0, 0.05) is 31.9 Å². The predicted octanol–water partition coefficient (Wildman–Crippen LogP) is 2.29. The zero-order valence-electron chi connectivity index (χ0n) is 13.1. The topological polar surface area (TPSA) is 67.9 Å². The maximum Gasteiger partial charge on any atom is 0.224 e. The molecule has 0 radical (unpaired) electrons. The van der Waals surface area contributed by atoms with Gasteiger partial charge >= 0.3 is 0 Å². The summed E-state index contributed by atoms with van der Waals surface area (Å²) in [5.41, 5.74) is 0.988. The third-order valence-corrected chi connectivity index (χ3v) is 5.22. The Morgan fingerprint density at radius 2 is 2.18 bits per heavy atom. The lowest BCUT2D eigenvalue weighted by molar-refractivity contribution is 0.297. The number of anilines is 1. The first-order chi connectivity index (χ1) is 10.7. The average Bonchev–Trinajstić information content (AvgIpc) is 3.20. The Balaban J connectivity index is 1.69. The summed E-state index contributed by atoms with van der Waals surface area (Å²) < 4.78 is 5.95. The molecule has 2 aromatic heterocycles. The van der Waals surface area contributed by atoms with Crippen molar-refractivity contribution in [2.24, 2.45) is 5.92 Å². The smallest absolute Gasteiger partial charge is 0.224 e. The second-order valence-electron chi connectivity index (χ2n) is 6.45. The van der Waals surface area contributed by atoms with E-state index in [1.165, 1.54) is 12.8 Å². The Bertz CT molecular complexity index is 685. The molecule has 6 nitrogen and oxygen atoms in total. The fraction of sp³-hybridized carbons (Fsp3) is 0.625. The number of nitrogens with zero attached hydrogens (tertiary/aromatic N) is 5. The number of rotatable bonds is 3. The van der Waals surface area contributed by atoms with Crippen LogP contribution in [0.2, 0.25) is 0 Å². The fourth-order valence-electron chi connectivity index (χ4n) is 4.11. The van der Waals surface area contributed by atoms with Gasteiger partial charge in [-0.15, -0.1) is 10.2 Å². The Labute approximate surface area is 130 Å². The lowest BCUT2D eigenvalue weighted by Crippen LogP contribution is -2.32. The Morgan fingerprint density at radius 1 is 1.32 bits per heavy atom. The number of hydrogen-bond donors (Lipinski definition) is 0. The van der Waals surface area contributed by atoms with Crippen LogP contribution in [0.15, 0.2) is 16.8 Å². The van der Waals surface area contributed by atoms with E-state index in [0.29, 0.717) is 5.92 Å². The van der Waals surface area contributed by atoms with Gasteiger partial charge in [0.2, 0.25) is 11.8 Å². The monoisotopic (exact) mass is 299 g/mol. The molecule has 4 rings (SSSR count). The van der Waals surface area contributed by atoms with Gasteiger partial charge in [0.1, 0.15) is 5.82 Å². The first-order valence-electron chi connectivity index (χ1n) is 8.08. The van der Waals surface area contributed by atoms with Gasteiger partial charge < -0.3 is 9.32 Å². The lowest BCUT2D eigenvalue weighted by atomic mass is 9.80. The van der Waals surface area contributed by atoms with Gasteiger partial charge in [-0.25, -0.2) is 4.98 Å². The molecular formula is C16H21N5O. The van der Waals surface area contributed by atoms with Crippen molar-refractivity contribution in [1.82, 2.24) is 20.2 Å². The molecule has 2 fully saturated rings. The molecule has 22 heavy (non-hydrogen) atoms. The van der Waals surface area contributed by atoms with Crippen LogP contribution < -0.4 is 4.90 Å². The molecule has 0 N–H and O–H groups in total. The van der Waals surface area contributed by atoms with Crippen LogP contribution in [0, 0.1) is 12.8 Å². The lowest BCUT2D eigenvalue weighted by Gasteiger charge is -2.25. The molecule has 0 bridgehead atoms. The van der Waals surface area contributed by atoms with Gasteiger partial charge in [0.05, 0.1) is 11.1 Å². The Kier molecular flexibility index (Phi) is 3.13. The molecule has 1 aliphatic carbocycles. The van der Waals surface area contributed by atoms with Crippen LogP contribution in [0.1, 0.15) is 43.7 Å². The van der Waals surface area contributed by atoms with E-state index in [4.69, 9.17) is 4.42 Å². The highest BCUT2D eigenvalue weighted by Crippen LogP contribution is 2.50. The minimum absolute atomic E-state index is 0.00435. The van der Waals surface area contributed by atoms with Gasteiger partial charge in [-0.3, -0.25) is 4.98 Å². The van der Waals surface area contributed by atoms with Gasteiger partial charge in [-0.1, -0.05) is 13.3 Å². The number of aromatic nitrogens is 4. The number of hydrogen-bond acceptors (Lipinski definition) is 6. The van der Waals surface area contributed by atoms with Gasteiger partial charge in [-0.05, 0) is 25.7 Å². The van der Waals surface area contributed by atoms with E-state index < -0.39 is 0 Å². The van der Waals surface area contributed by atoms with Crippen molar-refractivity contribution in [3.63, 3.8) is 0 Å². The van der Waals surface area contributed by atoms with Crippen molar-refractivity contribution < 1.29 is 4.42 Å². The van der Waals surface area contributed by atoms with E-state index in [9.17, 15) is 0 Å². The molecule has 3 heterocycles. The van der Waals surface area contributed by atoms with E-state index >= 15 is 0 Å².